The number of rotatable bonds is 5. The minimum absolute atomic E-state index is 0. The summed E-state index contributed by atoms with van der Waals surface area (Å²) in [5.74, 6) is 1.25. The van der Waals surface area contributed by atoms with Gasteiger partial charge in [-0.15, -0.1) is 24.0 Å². The van der Waals surface area contributed by atoms with Crippen LogP contribution in [0.2, 0.25) is 0 Å². The summed E-state index contributed by atoms with van der Waals surface area (Å²) in [7, 11) is 0. The standard InChI is InChI=1S/C22H34N4O.HI/c1-6-23-20(26-16-21(2,3)22(26,4)5)24-14-17-10-7-8-11-18(17)15-25-13-9-12-19(25)27;/h7-8,10-11H,6,9,12-16H2,1-5H3,(H,23,24);1H. The molecule has 2 heterocycles. The average molecular weight is 498 g/mol. The van der Waals surface area contributed by atoms with E-state index in [-0.39, 0.29) is 40.8 Å². The van der Waals surface area contributed by atoms with E-state index in [1.807, 2.05) is 4.90 Å². The molecule has 5 nitrogen and oxygen atoms in total. The van der Waals surface area contributed by atoms with Gasteiger partial charge in [-0.1, -0.05) is 38.1 Å². The van der Waals surface area contributed by atoms with Crippen LogP contribution in [0.3, 0.4) is 0 Å². The summed E-state index contributed by atoms with van der Waals surface area (Å²) < 4.78 is 0. The molecule has 0 spiro atoms. The van der Waals surface area contributed by atoms with Crippen molar-refractivity contribution in [3.63, 3.8) is 0 Å². The van der Waals surface area contributed by atoms with E-state index in [1.165, 1.54) is 11.1 Å². The Kier molecular flexibility index (Phi) is 7.39. The number of halogens is 1. The molecule has 0 saturated carbocycles. The molecule has 2 saturated heterocycles. The number of nitrogens with zero attached hydrogens (tertiary/aromatic N) is 3. The van der Waals surface area contributed by atoms with Crippen molar-refractivity contribution >= 4 is 35.8 Å². The third kappa shape index (κ3) is 4.47. The summed E-state index contributed by atoms with van der Waals surface area (Å²) in [4.78, 5) is 21.3. The Bertz CT molecular complexity index is 729. The summed E-state index contributed by atoms with van der Waals surface area (Å²) in [5.41, 5.74) is 2.76. The number of likely N-dealkylation sites (tertiary alicyclic amines) is 2. The molecule has 3 rings (SSSR count). The second kappa shape index (κ2) is 9.01. The third-order valence-electron chi connectivity index (χ3n) is 6.53. The van der Waals surface area contributed by atoms with E-state index in [0.717, 1.165) is 32.0 Å². The molecule has 6 heteroatoms. The second-order valence-electron chi connectivity index (χ2n) is 8.89. The predicted molar refractivity (Wildman–Crippen MR) is 126 cm³/mol. The number of amides is 1. The molecule has 2 aliphatic heterocycles. The number of aliphatic imine (C=N–C) groups is 1. The van der Waals surface area contributed by atoms with E-state index >= 15 is 0 Å². The molecule has 0 aromatic heterocycles. The van der Waals surface area contributed by atoms with Crippen molar-refractivity contribution in [2.24, 2.45) is 10.4 Å². The van der Waals surface area contributed by atoms with Gasteiger partial charge < -0.3 is 15.1 Å². The van der Waals surface area contributed by atoms with E-state index in [9.17, 15) is 4.79 Å². The lowest BCUT2D eigenvalue weighted by Gasteiger charge is -2.62. The molecule has 0 radical (unpaired) electrons. The van der Waals surface area contributed by atoms with Crippen molar-refractivity contribution in [3.05, 3.63) is 35.4 Å². The molecule has 0 unspecified atom stereocenters. The van der Waals surface area contributed by atoms with Gasteiger partial charge in [0.15, 0.2) is 5.96 Å². The first-order valence-corrected chi connectivity index (χ1v) is 10.2. The molecule has 1 N–H and O–H groups in total. The van der Waals surface area contributed by atoms with Crippen LogP contribution in [0.4, 0.5) is 0 Å². The van der Waals surface area contributed by atoms with Gasteiger partial charge in [0.05, 0.1) is 6.54 Å². The van der Waals surface area contributed by atoms with Gasteiger partial charge in [0.25, 0.3) is 0 Å². The zero-order chi connectivity index (χ0) is 19.7. The Morgan fingerprint density at radius 2 is 1.86 bits per heavy atom. The Morgan fingerprint density at radius 3 is 2.39 bits per heavy atom. The minimum atomic E-state index is 0. The number of carbonyl (C=O) groups excluding carboxylic acids is 1. The summed E-state index contributed by atoms with van der Waals surface area (Å²) in [6.45, 7) is 15.4. The van der Waals surface area contributed by atoms with Crippen LogP contribution in [0, 0.1) is 5.41 Å². The van der Waals surface area contributed by atoms with Crippen LogP contribution in [0.15, 0.2) is 29.3 Å². The van der Waals surface area contributed by atoms with Crippen molar-refractivity contribution < 1.29 is 4.79 Å². The van der Waals surface area contributed by atoms with Gasteiger partial charge in [0.1, 0.15) is 0 Å². The number of hydrogen-bond acceptors (Lipinski definition) is 2. The first-order valence-electron chi connectivity index (χ1n) is 10.2. The Balaban J connectivity index is 0.00000280. The zero-order valence-corrected chi connectivity index (χ0v) is 20.2. The lowest BCUT2D eigenvalue weighted by molar-refractivity contribution is -0.128. The number of carbonyl (C=O) groups is 1. The van der Waals surface area contributed by atoms with Gasteiger partial charge >= 0.3 is 0 Å². The summed E-state index contributed by atoms with van der Waals surface area (Å²) in [5, 5.41) is 3.46. The molecule has 0 bridgehead atoms. The predicted octanol–water partition coefficient (Wildman–Crippen LogP) is 4.01. The van der Waals surface area contributed by atoms with Crippen LogP contribution in [0.1, 0.15) is 58.6 Å². The highest BCUT2D eigenvalue weighted by molar-refractivity contribution is 14.0. The maximum atomic E-state index is 12.0. The Labute approximate surface area is 187 Å². The molecule has 2 fully saturated rings. The lowest BCUT2D eigenvalue weighted by Crippen LogP contribution is -2.72. The largest absolute Gasteiger partial charge is 0.356 e. The number of nitrogens with one attached hydrogen (secondary N) is 1. The van der Waals surface area contributed by atoms with E-state index in [4.69, 9.17) is 4.99 Å². The maximum absolute atomic E-state index is 12.0. The van der Waals surface area contributed by atoms with Gasteiger partial charge in [0.2, 0.25) is 5.91 Å². The fourth-order valence-corrected chi connectivity index (χ4v) is 3.90. The molecule has 28 heavy (non-hydrogen) atoms. The highest BCUT2D eigenvalue weighted by atomic mass is 127. The quantitative estimate of drug-likeness (QED) is 0.379. The average Bonchev–Trinajstić information content (AvgIpc) is 3.03. The third-order valence-corrected chi connectivity index (χ3v) is 6.53. The molecule has 2 aliphatic rings. The zero-order valence-electron chi connectivity index (χ0n) is 17.9. The van der Waals surface area contributed by atoms with E-state index in [2.05, 4.69) is 69.1 Å². The highest BCUT2D eigenvalue weighted by Gasteiger charge is 2.53. The van der Waals surface area contributed by atoms with Gasteiger partial charge in [-0.25, -0.2) is 4.99 Å². The summed E-state index contributed by atoms with van der Waals surface area (Å²) in [6, 6.07) is 8.37. The van der Waals surface area contributed by atoms with Crippen LogP contribution in [0.5, 0.6) is 0 Å². The topological polar surface area (TPSA) is 47.9 Å². The van der Waals surface area contributed by atoms with Crippen molar-refractivity contribution in [1.29, 1.82) is 0 Å². The van der Waals surface area contributed by atoms with Crippen LogP contribution in [-0.4, -0.2) is 46.8 Å². The van der Waals surface area contributed by atoms with E-state index < -0.39 is 0 Å². The van der Waals surface area contributed by atoms with Gasteiger partial charge in [-0.05, 0) is 38.3 Å². The molecule has 0 aliphatic carbocycles. The number of guanidine groups is 1. The van der Waals surface area contributed by atoms with E-state index in [0.29, 0.717) is 19.5 Å². The van der Waals surface area contributed by atoms with Crippen molar-refractivity contribution in [3.8, 4) is 0 Å². The van der Waals surface area contributed by atoms with Gasteiger partial charge in [0, 0.05) is 43.6 Å². The van der Waals surface area contributed by atoms with Crippen LogP contribution in [0.25, 0.3) is 0 Å². The smallest absolute Gasteiger partial charge is 0.222 e. The van der Waals surface area contributed by atoms with Crippen LogP contribution < -0.4 is 5.32 Å². The van der Waals surface area contributed by atoms with Crippen LogP contribution in [-0.2, 0) is 17.9 Å². The Morgan fingerprint density at radius 1 is 1.18 bits per heavy atom. The van der Waals surface area contributed by atoms with Gasteiger partial charge in [-0.2, -0.15) is 0 Å². The SMILES string of the molecule is CCNC(=NCc1ccccc1CN1CCCC1=O)N1CC(C)(C)C1(C)C.I. The molecule has 0 atom stereocenters. The second-order valence-corrected chi connectivity index (χ2v) is 8.89. The first kappa shape index (κ1) is 23.0. The fourth-order valence-electron chi connectivity index (χ4n) is 3.90. The minimum Gasteiger partial charge on any atom is -0.356 e. The highest BCUT2D eigenvalue weighted by Crippen LogP contribution is 2.46. The first-order chi connectivity index (χ1) is 12.8. The fraction of sp³-hybridized carbons (Fsp3) is 0.636. The maximum Gasteiger partial charge on any atom is 0.222 e. The molecule has 1 aromatic carbocycles. The van der Waals surface area contributed by atoms with E-state index in [1.54, 1.807) is 0 Å². The molecule has 156 valence electrons. The summed E-state index contributed by atoms with van der Waals surface area (Å²) >= 11 is 0. The Hall–Kier alpha value is -1.31. The van der Waals surface area contributed by atoms with Crippen molar-refractivity contribution in [2.75, 3.05) is 19.6 Å². The molecule has 1 amide bonds. The lowest BCUT2D eigenvalue weighted by atomic mass is 9.65. The molecular formula is C22H35IN4O. The normalized spacial score (nSPS) is 20.6. The number of hydrogen-bond donors (Lipinski definition) is 1. The van der Waals surface area contributed by atoms with Crippen LogP contribution >= 0.6 is 24.0 Å². The number of benzene rings is 1. The van der Waals surface area contributed by atoms with Gasteiger partial charge in [-0.3, -0.25) is 4.79 Å². The molecular weight excluding hydrogens is 463 g/mol. The molecule has 1 aromatic rings. The summed E-state index contributed by atoms with van der Waals surface area (Å²) in [6.07, 6.45) is 1.66. The monoisotopic (exact) mass is 498 g/mol. The van der Waals surface area contributed by atoms with Crippen molar-refractivity contribution in [2.45, 2.75) is 66.1 Å². The van der Waals surface area contributed by atoms with Crippen molar-refractivity contribution in [1.82, 2.24) is 15.1 Å².